The van der Waals surface area contributed by atoms with Crippen LogP contribution in [0.15, 0.2) is 42.6 Å². The Morgan fingerprint density at radius 3 is 2.40 bits per heavy atom. The molecule has 1 aromatic heterocycles. The minimum atomic E-state index is 0.453. The van der Waals surface area contributed by atoms with Gasteiger partial charge in [0.25, 0.3) is 0 Å². The minimum Gasteiger partial charge on any atom is -0.493 e. The van der Waals surface area contributed by atoms with Gasteiger partial charge < -0.3 is 19.7 Å². The number of aromatic nitrogens is 1. The van der Waals surface area contributed by atoms with Gasteiger partial charge >= 0.3 is 0 Å². The Labute approximate surface area is 185 Å². The van der Waals surface area contributed by atoms with E-state index in [0.29, 0.717) is 19.1 Å². The molecular formula is C24H33N3O2S. The second-order valence-electron chi connectivity index (χ2n) is 7.86. The molecule has 30 heavy (non-hydrogen) atoms. The Bertz CT molecular complexity index is 792. The zero-order chi connectivity index (χ0) is 21.2. The van der Waals surface area contributed by atoms with Gasteiger partial charge in [0, 0.05) is 18.8 Å². The predicted molar refractivity (Wildman–Crippen MR) is 125 cm³/mol. The van der Waals surface area contributed by atoms with E-state index in [0.717, 1.165) is 27.9 Å². The van der Waals surface area contributed by atoms with Crippen molar-refractivity contribution in [3.8, 4) is 11.5 Å². The molecule has 0 unspecified atom stereocenters. The smallest absolute Gasteiger partial charge is 0.169 e. The first-order valence-electron chi connectivity index (χ1n) is 10.9. The van der Waals surface area contributed by atoms with Gasteiger partial charge in [-0.25, -0.2) is 0 Å². The number of nitrogens with zero attached hydrogens (tertiary/aromatic N) is 2. The van der Waals surface area contributed by atoms with Crippen LogP contribution in [-0.4, -0.2) is 35.3 Å². The molecule has 1 fully saturated rings. The maximum Gasteiger partial charge on any atom is 0.169 e. The summed E-state index contributed by atoms with van der Waals surface area (Å²) in [5, 5.41) is 4.44. The molecular weight excluding hydrogens is 394 g/mol. The summed E-state index contributed by atoms with van der Waals surface area (Å²) >= 11 is 5.87. The van der Waals surface area contributed by atoms with E-state index in [-0.39, 0.29) is 0 Å². The van der Waals surface area contributed by atoms with Crippen molar-refractivity contribution in [2.75, 3.05) is 14.2 Å². The van der Waals surface area contributed by atoms with Crippen LogP contribution in [0.4, 0.5) is 0 Å². The normalized spacial score (nSPS) is 15.0. The highest BCUT2D eigenvalue weighted by Crippen LogP contribution is 2.28. The van der Waals surface area contributed by atoms with Crippen LogP contribution < -0.4 is 14.8 Å². The molecule has 6 heteroatoms. The van der Waals surface area contributed by atoms with Crippen LogP contribution in [0.1, 0.15) is 56.2 Å². The lowest BCUT2D eigenvalue weighted by Gasteiger charge is -2.30. The molecule has 0 radical (unpaired) electrons. The first-order valence-corrected chi connectivity index (χ1v) is 11.3. The summed E-state index contributed by atoms with van der Waals surface area (Å²) < 4.78 is 10.9. The van der Waals surface area contributed by atoms with E-state index < -0.39 is 0 Å². The van der Waals surface area contributed by atoms with Crippen molar-refractivity contribution in [1.82, 2.24) is 15.2 Å². The number of thiocarbonyl (C=S) groups is 1. The molecule has 1 saturated carbocycles. The molecule has 0 bridgehead atoms. The van der Waals surface area contributed by atoms with E-state index in [1.165, 1.54) is 44.9 Å². The molecule has 1 aromatic carbocycles. The summed E-state index contributed by atoms with van der Waals surface area (Å²) in [5.41, 5.74) is 2.12. The van der Waals surface area contributed by atoms with Crippen LogP contribution in [-0.2, 0) is 13.1 Å². The van der Waals surface area contributed by atoms with E-state index in [2.05, 4.69) is 21.3 Å². The van der Waals surface area contributed by atoms with Gasteiger partial charge in [-0.1, -0.05) is 44.2 Å². The molecule has 5 nitrogen and oxygen atoms in total. The summed E-state index contributed by atoms with van der Waals surface area (Å²) in [4.78, 5) is 6.70. The molecule has 1 aliphatic carbocycles. The number of ether oxygens (including phenoxy) is 2. The number of benzene rings is 1. The number of rotatable bonds is 7. The Balaban J connectivity index is 1.74. The average Bonchev–Trinajstić information content (AvgIpc) is 2.75. The third-order valence-corrected chi connectivity index (χ3v) is 6.00. The topological polar surface area (TPSA) is 46.6 Å². The summed E-state index contributed by atoms with van der Waals surface area (Å²) in [7, 11) is 3.31. The largest absolute Gasteiger partial charge is 0.493 e. The van der Waals surface area contributed by atoms with Crippen molar-refractivity contribution in [2.45, 2.75) is 64.1 Å². The number of nitrogens with one attached hydrogen (secondary N) is 1. The highest BCUT2D eigenvalue weighted by molar-refractivity contribution is 7.80. The van der Waals surface area contributed by atoms with Gasteiger partial charge in [-0.15, -0.1) is 0 Å². The van der Waals surface area contributed by atoms with Gasteiger partial charge in [0.1, 0.15) is 0 Å². The highest BCUT2D eigenvalue weighted by Gasteiger charge is 2.18. The van der Waals surface area contributed by atoms with Gasteiger partial charge in [-0.05, 0) is 54.9 Å². The fraction of sp³-hybridized carbons (Fsp3) is 0.500. The van der Waals surface area contributed by atoms with Crippen LogP contribution in [0.25, 0.3) is 0 Å². The molecule has 1 heterocycles. The zero-order valence-electron chi connectivity index (χ0n) is 18.1. The molecule has 0 amide bonds. The SMILES string of the molecule is COc1ccc(CN(Cc2ccccn2)C(=S)NC2CCCCCCC2)cc1OC. The quantitative estimate of drug-likeness (QED) is 0.621. The van der Waals surface area contributed by atoms with Gasteiger partial charge in [0.15, 0.2) is 16.6 Å². The molecule has 0 spiro atoms. The first-order chi connectivity index (χ1) is 14.7. The Kier molecular flexibility index (Phi) is 8.75. The first kappa shape index (κ1) is 22.3. The van der Waals surface area contributed by atoms with E-state index in [1.807, 2.05) is 36.5 Å². The standard InChI is InChI=1S/C24H33N3O2S/c1-28-22-14-13-19(16-23(22)29-2)17-27(18-21-12-8-9-15-25-21)24(30)26-20-10-6-4-3-5-7-11-20/h8-9,12-16,20H,3-7,10-11,17-18H2,1-2H3,(H,26,30). The molecule has 0 saturated heterocycles. The van der Waals surface area contributed by atoms with Gasteiger partial charge in [-0.3, -0.25) is 4.98 Å². The third kappa shape index (κ3) is 6.59. The lowest BCUT2D eigenvalue weighted by molar-refractivity contribution is 0.350. The fourth-order valence-electron chi connectivity index (χ4n) is 3.95. The number of hydrogen-bond donors (Lipinski definition) is 1. The Morgan fingerprint density at radius 1 is 1.00 bits per heavy atom. The van der Waals surface area contributed by atoms with Gasteiger partial charge in [-0.2, -0.15) is 0 Å². The summed E-state index contributed by atoms with van der Waals surface area (Å²) in [5.74, 6) is 1.46. The lowest BCUT2D eigenvalue weighted by atomic mass is 9.97. The van der Waals surface area contributed by atoms with E-state index in [9.17, 15) is 0 Å². The molecule has 162 valence electrons. The van der Waals surface area contributed by atoms with E-state index >= 15 is 0 Å². The number of methoxy groups -OCH3 is 2. The molecule has 1 N–H and O–H groups in total. The van der Waals surface area contributed by atoms with E-state index in [4.69, 9.17) is 21.7 Å². The van der Waals surface area contributed by atoms with Crippen molar-refractivity contribution >= 4 is 17.3 Å². The molecule has 0 atom stereocenters. The maximum atomic E-state index is 5.87. The van der Waals surface area contributed by atoms with E-state index in [1.54, 1.807) is 14.2 Å². The van der Waals surface area contributed by atoms with Crippen molar-refractivity contribution in [3.63, 3.8) is 0 Å². The highest BCUT2D eigenvalue weighted by atomic mass is 32.1. The van der Waals surface area contributed by atoms with Crippen LogP contribution in [0.2, 0.25) is 0 Å². The van der Waals surface area contributed by atoms with Crippen LogP contribution in [0.3, 0.4) is 0 Å². The van der Waals surface area contributed by atoms with Crippen LogP contribution in [0, 0.1) is 0 Å². The van der Waals surface area contributed by atoms with Crippen molar-refractivity contribution in [1.29, 1.82) is 0 Å². The zero-order valence-corrected chi connectivity index (χ0v) is 18.9. The van der Waals surface area contributed by atoms with Crippen LogP contribution in [0.5, 0.6) is 11.5 Å². The molecule has 2 aromatic rings. The molecule has 3 rings (SSSR count). The minimum absolute atomic E-state index is 0.453. The fourth-order valence-corrected chi connectivity index (χ4v) is 4.25. The predicted octanol–water partition coefficient (Wildman–Crippen LogP) is 5.09. The third-order valence-electron chi connectivity index (χ3n) is 5.62. The van der Waals surface area contributed by atoms with Gasteiger partial charge in [0.05, 0.1) is 26.5 Å². The number of pyridine rings is 1. The van der Waals surface area contributed by atoms with Crippen molar-refractivity contribution in [3.05, 3.63) is 53.9 Å². The summed E-state index contributed by atoms with van der Waals surface area (Å²) in [6.45, 7) is 1.34. The lowest BCUT2D eigenvalue weighted by Crippen LogP contribution is -2.44. The maximum absolute atomic E-state index is 5.87. The molecule has 1 aliphatic rings. The Hall–Kier alpha value is -2.34. The van der Waals surface area contributed by atoms with Gasteiger partial charge in [0.2, 0.25) is 0 Å². The average molecular weight is 428 g/mol. The van der Waals surface area contributed by atoms with Crippen LogP contribution >= 0.6 is 12.2 Å². The summed E-state index contributed by atoms with van der Waals surface area (Å²) in [6, 6.07) is 12.5. The second kappa shape index (κ2) is 11.7. The number of hydrogen-bond acceptors (Lipinski definition) is 4. The van der Waals surface area contributed by atoms with Crippen molar-refractivity contribution in [2.24, 2.45) is 0 Å². The van der Waals surface area contributed by atoms with Crippen molar-refractivity contribution < 1.29 is 9.47 Å². The second-order valence-corrected chi connectivity index (χ2v) is 8.24. The summed E-state index contributed by atoms with van der Waals surface area (Å²) in [6.07, 6.45) is 10.8. The monoisotopic (exact) mass is 427 g/mol. The molecule has 0 aliphatic heterocycles. The Morgan fingerprint density at radius 2 is 1.73 bits per heavy atom.